The molecule has 0 saturated carbocycles. The number of nitrogens with zero attached hydrogens (tertiary/aromatic N) is 4. The fourth-order valence-electron chi connectivity index (χ4n) is 5.24. The Bertz CT molecular complexity index is 1460. The molecule has 3 aromatic rings. The Morgan fingerprint density at radius 2 is 1.53 bits per heavy atom. The fourth-order valence-corrected chi connectivity index (χ4v) is 5.24. The van der Waals surface area contributed by atoms with Gasteiger partial charge in [-0.2, -0.15) is 31.4 Å². The zero-order valence-electron chi connectivity index (χ0n) is 24.0. The zero-order chi connectivity index (χ0) is 31.9. The minimum Gasteiger partial charge on any atom is -0.392 e. The van der Waals surface area contributed by atoms with Gasteiger partial charge in [0.25, 0.3) is 0 Å². The number of amides is 1. The summed E-state index contributed by atoms with van der Waals surface area (Å²) >= 11 is 0. The second-order valence-electron chi connectivity index (χ2n) is 11.1. The third-order valence-corrected chi connectivity index (χ3v) is 7.76. The van der Waals surface area contributed by atoms with Crippen LogP contribution in [0, 0.1) is 0 Å². The number of piperazine rings is 1. The molecule has 0 aliphatic carbocycles. The minimum atomic E-state index is -5.07. The fraction of sp³-hybridized carbons (Fsp3) is 0.400. The second-order valence-corrected chi connectivity index (χ2v) is 11.1. The number of hydroxylamine groups is 2. The number of halogens is 6. The summed E-state index contributed by atoms with van der Waals surface area (Å²) in [6, 6.07) is 9.63. The summed E-state index contributed by atoms with van der Waals surface area (Å²) in [5, 5.41) is 21.1. The molecule has 1 aromatic heterocycles. The molecule has 232 valence electrons. The van der Waals surface area contributed by atoms with Crippen LogP contribution in [0.4, 0.5) is 37.8 Å². The standard InChI is InChI=1S/C30H32F6N4O3/c1-18-16-39(43)9-10-40(18)26-14-24(23-8-6-5-7-19(23)17-41)25(15-37-26)38(4)27(42)28(2,3)20-11-21(29(31,32)33)13-22(12-20)30(34,35)36/h5-8,11-15,18,41,43H,9-10,16-17H2,1-4H3. The number of carbonyl (C=O) groups is 1. The number of pyridine rings is 1. The maximum absolute atomic E-state index is 13.9. The van der Waals surface area contributed by atoms with Gasteiger partial charge in [-0.05, 0) is 61.7 Å². The van der Waals surface area contributed by atoms with Gasteiger partial charge in [0.15, 0.2) is 0 Å². The van der Waals surface area contributed by atoms with Crippen molar-refractivity contribution in [1.29, 1.82) is 0 Å². The van der Waals surface area contributed by atoms with Crippen molar-refractivity contribution in [3.05, 3.63) is 77.0 Å². The monoisotopic (exact) mass is 610 g/mol. The first-order chi connectivity index (χ1) is 19.9. The maximum atomic E-state index is 13.9. The molecule has 13 heteroatoms. The minimum absolute atomic E-state index is 0.0257. The van der Waals surface area contributed by atoms with Crippen LogP contribution >= 0.6 is 0 Å². The molecule has 43 heavy (non-hydrogen) atoms. The summed E-state index contributed by atoms with van der Waals surface area (Å²) in [6.07, 6.45) is -8.72. The number of carbonyl (C=O) groups excluding carboxylic acids is 1. The first-order valence-corrected chi connectivity index (χ1v) is 13.4. The quantitative estimate of drug-likeness (QED) is 0.328. The van der Waals surface area contributed by atoms with E-state index in [-0.39, 0.29) is 24.4 Å². The second kappa shape index (κ2) is 11.8. The van der Waals surface area contributed by atoms with Crippen LogP contribution in [0.5, 0.6) is 0 Å². The molecule has 1 unspecified atom stereocenters. The van der Waals surface area contributed by atoms with Gasteiger partial charge in [0.2, 0.25) is 5.91 Å². The highest BCUT2D eigenvalue weighted by Crippen LogP contribution is 2.41. The number of hydrogen-bond donors (Lipinski definition) is 2. The summed E-state index contributed by atoms with van der Waals surface area (Å²) in [6.45, 7) is 5.27. The van der Waals surface area contributed by atoms with Crippen LogP contribution in [0.3, 0.4) is 0 Å². The number of aromatic nitrogens is 1. The van der Waals surface area contributed by atoms with Gasteiger partial charge < -0.3 is 20.1 Å². The third kappa shape index (κ3) is 6.63. The van der Waals surface area contributed by atoms with E-state index in [0.717, 1.165) is 4.90 Å². The largest absolute Gasteiger partial charge is 0.416 e. The summed E-state index contributed by atoms with van der Waals surface area (Å²) in [4.78, 5) is 21.6. The van der Waals surface area contributed by atoms with Crippen LogP contribution in [0.15, 0.2) is 54.7 Å². The lowest BCUT2D eigenvalue weighted by atomic mass is 9.81. The molecule has 0 radical (unpaired) electrons. The molecule has 1 amide bonds. The maximum Gasteiger partial charge on any atom is 0.416 e. The van der Waals surface area contributed by atoms with Gasteiger partial charge in [0, 0.05) is 38.3 Å². The number of aliphatic hydroxyl groups is 1. The molecule has 0 spiro atoms. The van der Waals surface area contributed by atoms with Crippen LogP contribution in [-0.4, -0.2) is 59.0 Å². The number of hydrogen-bond acceptors (Lipinski definition) is 6. The summed E-state index contributed by atoms with van der Waals surface area (Å²) < 4.78 is 81.5. The number of alkyl halides is 6. The van der Waals surface area contributed by atoms with Crippen LogP contribution in [0.2, 0.25) is 0 Å². The van der Waals surface area contributed by atoms with Gasteiger partial charge in [-0.1, -0.05) is 24.3 Å². The summed E-state index contributed by atoms with van der Waals surface area (Å²) in [7, 11) is 1.37. The van der Waals surface area contributed by atoms with Gasteiger partial charge in [0.05, 0.1) is 35.0 Å². The van der Waals surface area contributed by atoms with E-state index in [1.165, 1.54) is 32.2 Å². The van der Waals surface area contributed by atoms with Crippen LogP contribution < -0.4 is 9.80 Å². The van der Waals surface area contributed by atoms with E-state index in [0.29, 0.717) is 54.3 Å². The molecule has 0 bridgehead atoms. The number of benzene rings is 2. The van der Waals surface area contributed by atoms with Crippen LogP contribution in [0.25, 0.3) is 11.1 Å². The van der Waals surface area contributed by atoms with E-state index in [4.69, 9.17) is 0 Å². The molecule has 4 rings (SSSR count). The van der Waals surface area contributed by atoms with Crippen LogP contribution in [0.1, 0.15) is 43.0 Å². The van der Waals surface area contributed by atoms with Gasteiger partial charge in [-0.15, -0.1) is 0 Å². The predicted molar refractivity (Wildman–Crippen MR) is 149 cm³/mol. The molecule has 2 N–H and O–H groups in total. The average Bonchev–Trinajstić information content (AvgIpc) is 2.95. The Morgan fingerprint density at radius 1 is 0.953 bits per heavy atom. The van der Waals surface area contributed by atoms with Crippen molar-refractivity contribution >= 4 is 17.4 Å². The average molecular weight is 611 g/mol. The Kier molecular flexibility index (Phi) is 8.83. The normalized spacial score (nSPS) is 16.8. The molecule has 2 heterocycles. The number of aliphatic hydroxyl groups excluding tert-OH is 1. The third-order valence-electron chi connectivity index (χ3n) is 7.76. The summed E-state index contributed by atoms with van der Waals surface area (Å²) in [5.41, 5.74) is -3.50. The lowest BCUT2D eigenvalue weighted by molar-refractivity contribution is -0.143. The van der Waals surface area contributed by atoms with Crippen molar-refractivity contribution in [2.24, 2.45) is 0 Å². The van der Waals surface area contributed by atoms with Crippen LogP contribution in [-0.2, 0) is 29.2 Å². The Hall–Kier alpha value is -3.68. The molecule has 7 nitrogen and oxygen atoms in total. The Morgan fingerprint density at radius 3 is 2.09 bits per heavy atom. The lowest BCUT2D eigenvalue weighted by Crippen LogP contribution is -2.51. The SMILES string of the molecule is CC1CN(O)CCN1c1cc(-c2ccccc2CO)c(N(C)C(=O)C(C)(C)c2cc(C(F)(F)F)cc(C(F)(F)F)c2)cn1. The van der Waals surface area contributed by atoms with Gasteiger partial charge in [-0.25, -0.2) is 4.98 Å². The van der Waals surface area contributed by atoms with E-state index < -0.39 is 40.4 Å². The molecular weight excluding hydrogens is 578 g/mol. The van der Waals surface area contributed by atoms with Crippen molar-refractivity contribution in [2.45, 2.75) is 51.2 Å². The van der Waals surface area contributed by atoms with E-state index in [1.54, 1.807) is 30.3 Å². The first kappa shape index (κ1) is 32.2. The molecule has 1 aliphatic heterocycles. The Balaban J connectivity index is 1.83. The number of anilines is 2. The first-order valence-electron chi connectivity index (χ1n) is 13.4. The Labute approximate surface area is 244 Å². The van der Waals surface area contributed by atoms with E-state index in [1.807, 2.05) is 11.8 Å². The van der Waals surface area contributed by atoms with Crippen molar-refractivity contribution in [1.82, 2.24) is 10.0 Å². The summed E-state index contributed by atoms with van der Waals surface area (Å²) in [5.74, 6) is -0.251. The van der Waals surface area contributed by atoms with Gasteiger partial charge in [0.1, 0.15) is 5.82 Å². The number of likely N-dealkylation sites (N-methyl/N-ethyl adjacent to an activating group) is 1. The van der Waals surface area contributed by atoms with Gasteiger partial charge in [-0.3, -0.25) is 4.79 Å². The predicted octanol–water partition coefficient (Wildman–Crippen LogP) is 6.12. The smallest absolute Gasteiger partial charge is 0.392 e. The van der Waals surface area contributed by atoms with Crippen molar-refractivity contribution in [2.75, 3.05) is 36.5 Å². The van der Waals surface area contributed by atoms with E-state index in [2.05, 4.69) is 4.98 Å². The highest BCUT2D eigenvalue weighted by Gasteiger charge is 2.41. The van der Waals surface area contributed by atoms with Crippen molar-refractivity contribution in [3.8, 4) is 11.1 Å². The molecular formula is C30H32F6N4O3. The van der Waals surface area contributed by atoms with Crippen molar-refractivity contribution in [3.63, 3.8) is 0 Å². The molecule has 1 aliphatic rings. The van der Waals surface area contributed by atoms with Gasteiger partial charge >= 0.3 is 12.4 Å². The van der Waals surface area contributed by atoms with E-state index >= 15 is 0 Å². The van der Waals surface area contributed by atoms with E-state index in [9.17, 15) is 41.5 Å². The lowest BCUT2D eigenvalue weighted by Gasteiger charge is -2.38. The molecule has 2 aromatic carbocycles. The highest BCUT2D eigenvalue weighted by molar-refractivity contribution is 6.03. The highest BCUT2D eigenvalue weighted by atomic mass is 19.4. The number of rotatable bonds is 6. The zero-order valence-corrected chi connectivity index (χ0v) is 24.0. The molecule has 1 fully saturated rings. The topological polar surface area (TPSA) is 80.1 Å². The van der Waals surface area contributed by atoms with Crippen molar-refractivity contribution < 1.29 is 41.5 Å². The molecule has 1 atom stereocenters. The molecule has 1 saturated heterocycles.